The highest BCUT2D eigenvalue weighted by atomic mass is 16.7. The van der Waals surface area contributed by atoms with Crippen molar-refractivity contribution >= 4 is 0 Å². The topological polar surface area (TPSA) is 115 Å². The third kappa shape index (κ3) is 2.81. The first-order valence-corrected chi connectivity index (χ1v) is 6.04. The van der Waals surface area contributed by atoms with Gasteiger partial charge in [-0.05, 0) is 0 Å². The van der Waals surface area contributed by atoms with Crippen molar-refractivity contribution in [1.82, 2.24) is 15.0 Å². The molecule has 1 aliphatic heterocycles. The molecule has 1 fully saturated rings. The fourth-order valence-corrected chi connectivity index (χ4v) is 2.13. The van der Waals surface area contributed by atoms with E-state index in [0.717, 1.165) is 4.57 Å². The normalized spacial score (nSPS) is 29.8. The van der Waals surface area contributed by atoms with E-state index in [1.165, 1.54) is 19.4 Å². The maximum absolute atomic E-state index is 11.8. The van der Waals surface area contributed by atoms with Crippen LogP contribution in [0.25, 0.3) is 0 Å². The van der Waals surface area contributed by atoms with Gasteiger partial charge < -0.3 is 14.6 Å². The van der Waals surface area contributed by atoms with Crippen LogP contribution in [-0.2, 0) is 14.3 Å². The molecule has 0 amide bonds. The molecule has 0 saturated carbocycles. The van der Waals surface area contributed by atoms with Crippen molar-refractivity contribution in [2.24, 2.45) is 0 Å². The molecule has 1 aliphatic rings. The number of aromatic nitrogens is 2. The Labute approximate surface area is 114 Å². The number of methoxy groups -OCH3 is 1. The summed E-state index contributed by atoms with van der Waals surface area (Å²) in [5.41, 5.74) is 1.34. The molecule has 112 valence electrons. The van der Waals surface area contributed by atoms with Gasteiger partial charge >= 0.3 is 5.69 Å². The Hall–Kier alpha value is -1.52. The quantitative estimate of drug-likeness (QED) is 0.534. The van der Waals surface area contributed by atoms with Gasteiger partial charge in [0.1, 0.15) is 18.3 Å². The smallest absolute Gasteiger partial charge is 0.330 e. The van der Waals surface area contributed by atoms with Gasteiger partial charge in [-0.15, -0.1) is 0 Å². The molecule has 0 spiro atoms. The number of hydrogen-bond donors (Lipinski definition) is 3. The second-order valence-corrected chi connectivity index (χ2v) is 4.29. The second kappa shape index (κ2) is 6.29. The minimum Gasteiger partial charge on any atom is -0.387 e. The van der Waals surface area contributed by atoms with Crippen molar-refractivity contribution in [2.45, 2.75) is 24.5 Å². The molecule has 0 aromatic carbocycles. The molecule has 0 radical (unpaired) electrons. The number of ether oxygens (including phenoxy) is 2. The van der Waals surface area contributed by atoms with Gasteiger partial charge in [-0.1, -0.05) is 0 Å². The molecule has 3 N–H and O–H groups in total. The summed E-state index contributed by atoms with van der Waals surface area (Å²) in [5, 5.41) is 10.1. The summed E-state index contributed by atoms with van der Waals surface area (Å²) >= 11 is 0. The molecule has 0 aliphatic carbocycles. The van der Waals surface area contributed by atoms with Gasteiger partial charge in [0.15, 0.2) is 6.23 Å². The summed E-state index contributed by atoms with van der Waals surface area (Å²) in [6.45, 7) is 0.0894. The van der Waals surface area contributed by atoms with Crippen molar-refractivity contribution in [3.8, 4) is 0 Å². The maximum Gasteiger partial charge on any atom is 0.330 e. The number of hydrogen-bond acceptors (Lipinski definition) is 7. The molecule has 2 heterocycles. The number of rotatable bonds is 5. The van der Waals surface area contributed by atoms with Gasteiger partial charge in [0.2, 0.25) is 0 Å². The van der Waals surface area contributed by atoms with Crippen LogP contribution in [0.5, 0.6) is 0 Å². The lowest BCUT2D eigenvalue weighted by atomic mass is 10.1. The van der Waals surface area contributed by atoms with Crippen LogP contribution < -0.4 is 16.7 Å². The van der Waals surface area contributed by atoms with Crippen LogP contribution in [0.1, 0.15) is 6.23 Å². The SMILES string of the molecule is CNOC[C@H]1O[C@@H](n2ccc(=O)[nH]c2=O)[C@H](OC)[C@@H]1O. The number of aliphatic hydroxyl groups is 1. The van der Waals surface area contributed by atoms with Crippen molar-refractivity contribution in [1.29, 1.82) is 0 Å². The van der Waals surface area contributed by atoms with E-state index in [9.17, 15) is 14.7 Å². The Balaban J connectivity index is 2.26. The average molecular weight is 287 g/mol. The summed E-state index contributed by atoms with van der Waals surface area (Å²) in [6, 6.07) is 1.20. The van der Waals surface area contributed by atoms with E-state index in [-0.39, 0.29) is 6.61 Å². The highest BCUT2D eigenvalue weighted by Gasteiger charge is 2.45. The van der Waals surface area contributed by atoms with Crippen LogP contribution >= 0.6 is 0 Å². The Kier molecular flexibility index (Phi) is 4.68. The van der Waals surface area contributed by atoms with Crippen molar-refractivity contribution < 1.29 is 19.4 Å². The van der Waals surface area contributed by atoms with E-state index < -0.39 is 35.8 Å². The number of hydroxylamine groups is 1. The molecule has 0 bridgehead atoms. The molecular weight excluding hydrogens is 270 g/mol. The zero-order chi connectivity index (χ0) is 14.7. The molecule has 1 saturated heterocycles. The number of nitrogens with one attached hydrogen (secondary N) is 2. The van der Waals surface area contributed by atoms with Crippen LogP contribution in [0, 0.1) is 0 Å². The van der Waals surface area contributed by atoms with Crippen LogP contribution in [-0.4, -0.2) is 53.7 Å². The molecule has 9 nitrogen and oxygen atoms in total. The van der Waals surface area contributed by atoms with Gasteiger partial charge in [-0.3, -0.25) is 19.2 Å². The average Bonchev–Trinajstić information content (AvgIpc) is 2.72. The largest absolute Gasteiger partial charge is 0.387 e. The monoisotopic (exact) mass is 287 g/mol. The maximum atomic E-state index is 11.8. The summed E-state index contributed by atoms with van der Waals surface area (Å²) in [7, 11) is 2.99. The van der Waals surface area contributed by atoms with E-state index >= 15 is 0 Å². The molecule has 9 heteroatoms. The highest BCUT2D eigenvalue weighted by molar-refractivity contribution is 4.93. The highest BCUT2D eigenvalue weighted by Crippen LogP contribution is 2.30. The van der Waals surface area contributed by atoms with Crippen LogP contribution in [0.3, 0.4) is 0 Å². The predicted octanol–water partition coefficient (Wildman–Crippen LogP) is -2.04. The molecule has 2 rings (SSSR count). The third-order valence-corrected chi connectivity index (χ3v) is 3.10. The number of H-pyrrole nitrogens is 1. The lowest BCUT2D eigenvalue weighted by Gasteiger charge is -2.19. The number of nitrogens with zero attached hydrogens (tertiary/aromatic N) is 1. The van der Waals surface area contributed by atoms with E-state index in [1.54, 1.807) is 7.05 Å². The second-order valence-electron chi connectivity index (χ2n) is 4.29. The molecule has 20 heavy (non-hydrogen) atoms. The molecule has 0 unspecified atom stereocenters. The molecule has 4 atom stereocenters. The predicted molar refractivity (Wildman–Crippen MR) is 67.0 cm³/mol. The Morgan fingerprint density at radius 2 is 2.30 bits per heavy atom. The zero-order valence-electron chi connectivity index (χ0n) is 11.1. The van der Waals surface area contributed by atoms with Crippen molar-refractivity contribution in [2.75, 3.05) is 20.8 Å². The van der Waals surface area contributed by atoms with Crippen LogP contribution in [0.4, 0.5) is 0 Å². The molecule has 1 aromatic heterocycles. The summed E-state index contributed by atoms with van der Waals surface area (Å²) in [5.74, 6) is 0. The Morgan fingerprint density at radius 1 is 1.55 bits per heavy atom. The minimum absolute atomic E-state index is 0.0894. The molecule has 1 aromatic rings. The third-order valence-electron chi connectivity index (χ3n) is 3.10. The van der Waals surface area contributed by atoms with E-state index in [2.05, 4.69) is 10.5 Å². The fraction of sp³-hybridized carbons (Fsp3) is 0.636. The van der Waals surface area contributed by atoms with E-state index in [0.29, 0.717) is 0 Å². The molecular formula is C11H17N3O6. The van der Waals surface area contributed by atoms with Gasteiger partial charge in [0.05, 0.1) is 6.61 Å². The first-order valence-electron chi connectivity index (χ1n) is 6.04. The van der Waals surface area contributed by atoms with Crippen LogP contribution in [0.15, 0.2) is 21.9 Å². The lowest BCUT2D eigenvalue weighted by Crippen LogP contribution is -2.39. The number of aromatic amines is 1. The zero-order valence-corrected chi connectivity index (χ0v) is 11.1. The Morgan fingerprint density at radius 3 is 2.90 bits per heavy atom. The van der Waals surface area contributed by atoms with Crippen LogP contribution in [0.2, 0.25) is 0 Å². The van der Waals surface area contributed by atoms with Gasteiger partial charge in [0, 0.05) is 26.4 Å². The summed E-state index contributed by atoms with van der Waals surface area (Å²) in [6.07, 6.45) is -1.91. The van der Waals surface area contributed by atoms with Gasteiger partial charge in [-0.25, -0.2) is 10.3 Å². The van der Waals surface area contributed by atoms with Gasteiger partial charge in [-0.2, -0.15) is 0 Å². The standard InChI is InChI=1S/C11H17N3O6/c1-12-19-5-6-8(16)9(18-2)10(20-6)14-4-3-7(15)13-11(14)17/h3-4,6,8-10,12,16H,5H2,1-2H3,(H,13,15,17)/t6-,8-,9-,10-/m1/s1. The Bertz CT molecular complexity index is 556. The first-order chi connectivity index (χ1) is 9.58. The van der Waals surface area contributed by atoms with Crippen molar-refractivity contribution in [3.63, 3.8) is 0 Å². The minimum atomic E-state index is -0.961. The summed E-state index contributed by atoms with van der Waals surface area (Å²) in [4.78, 5) is 29.9. The summed E-state index contributed by atoms with van der Waals surface area (Å²) < 4.78 is 11.9. The van der Waals surface area contributed by atoms with Gasteiger partial charge in [0.25, 0.3) is 5.56 Å². The van der Waals surface area contributed by atoms with E-state index in [1.807, 2.05) is 0 Å². The lowest BCUT2D eigenvalue weighted by molar-refractivity contribution is -0.0856. The number of aliphatic hydroxyl groups excluding tert-OH is 1. The van der Waals surface area contributed by atoms with E-state index in [4.69, 9.17) is 14.3 Å². The first kappa shape index (κ1) is 14.9. The fourth-order valence-electron chi connectivity index (χ4n) is 2.13. The van der Waals surface area contributed by atoms with Crippen molar-refractivity contribution in [3.05, 3.63) is 33.1 Å².